The monoisotopic (exact) mass is 293 g/mol. The van der Waals surface area contributed by atoms with Crippen molar-refractivity contribution in [2.24, 2.45) is 11.8 Å². The van der Waals surface area contributed by atoms with Crippen LogP contribution in [0.1, 0.15) is 25.7 Å². The number of hydrogen-bond donors (Lipinski definition) is 3. The van der Waals surface area contributed by atoms with E-state index in [1.54, 1.807) is 0 Å². The minimum Gasteiger partial charge on any atom is -0.378 e. The molecule has 0 radical (unpaired) electrons. The molecule has 2 fully saturated rings. The Balaban J connectivity index is 1.63. The summed E-state index contributed by atoms with van der Waals surface area (Å²) in [4.78, 5) is 15.2. The van der Waals surface area contributed by atoms with Crippen LogP contribution >= 0.6 is 0 Å². The third-order valence-electron chi connectivity index (χ3n) is 4.11. The normalized spacial score (nSPS) is 19.2. The maximum atomic E-state index is 5.45. The Labute approximate surface area is 124 Å². The number of rotatable bonds is 6. The van der Waals surface area contributed by atoms with Gasteiger partial charge in [-0.1, -0.05) is 19.3 Å². The number of anilines is 3. The second kappa shape index (κ2) is 6.86. The highest BCUT2D eigenvalue weighted by Gasteiger charge is 2.18. The zero-order valence-electron chi connectivity index (χ0n) is 12.2. The highest BCUT2D eigenvalue weighted by molar-refractivity contribution is 5.43. The van der Waals surface area contributed by atoms with Crippen LogP contribution in [-0.4, -0.2) is 47.8 Å². The molecule has 0 unspecified atom stereocenters. The van der Waals surface area contributed by atoms with Crippen molar-refractivity contribution in [2.75, 3.05) is 48.5 Å². The van der Waals surface area contributed by atoms with Gasteiger partial charge < -0.3 is 15.0 Å². The maximum Gasteiger partial charge on any atom is 0.243 e. The Morgan fingerprint density at radius 3 is 2.57 bits per heavy atom. The molecule has 0 bridgehead atoms. The van der Waals surface area contributed by atoms with E-state index in [2.05, 4.69) is 30.6 Å². The molecular formula is C13H23N7O. The molecule has 2 aliphatic rings. The van der Waals surface area contributed by atoms with Gasteiger partial charge in [-0.2, -0.15) is 15.0 Å². The van der Waals surface area contributed by atoms with Gasteiger partial charge in [0.05, 0.1) is 13.2 Å². The van der Waals surface area contributed by atoms with Gasteiger partial charge in [-0.05, 0) is 12.3 Å². The van der Waals surface area contributed by atoms with E-state index >= 15 is 0 Å². The second-order valence-electron chi connectivity index (χ2n) is 5.54. The Morgan fingerprint density at radius 2 is 1.90 bits per heavy atom. The third kappa shape index (κ3) is 3.70. The lowest BCUT2D eigenvalue weighted by atomic mass is 9.83. The van der Waals surface area contributed by atoms with E-state index in [1.807, 2.05) is 0 Å². The van der Waals surface area contributed by atoms with Crippen LogP contribution in [0.15, 0.2) is 0 Å². The van der Waals surface area contributed by atoms with Gasteiger partial charge >= 0.3 is 0 Å². The highest BCUT2D eigenvalue weighted by atomic mass is 16.5. The van der Waals surface area contributed by atoms with Crippen molar-refractivity contribution in [2.45, 2.75) is 25.7 Å². The van der Waals surface area contributed by atoms with Crippen LogP contribution in [0.3, 0.4) is 0 Å². The van der Waals surface area contributed by atoms with Crippen molar-refractivity contribution in [3.05, 3.63) is 0 Å². The predicted octanol–water partition coefficient (Wildman–Crippen LogP) is 0.596. The molecule has 1 aromatic heterocycles. The number of nitrogens with zero attached hydrogens (tertiary/aromatic N) is 4. The molecule has 116 valence electrons. The van der Waals surface area contributed by atoms with Gasteiger partial charge in [0.25, 0.3) is 0 Å². The third-order valence-corrected chi connectivity index (χ3v) is 4.11. The SMILES string of the molecule is NNc1nc(NCCC2CCC2)nc(N2CCOCC2)n1. The number of hydrogen-bond acceptors (Lipinski definition) is 8. The van der Waals surface area contributed by atoms with Crippen LogP contribution in [-0.2, 0) is 4.74 Å². The van der Waals surface area contributed by atoms with Gasteiger partial charge in [0.2, 0.25) is 17.8 Å². The summed E-state index contributed by atoms with van der Waals surface area (Å²) in [5.74, 6) is 7.93. The highest BCUT2D eigenvalue weighted by Crippen LogP contribution is 2.29. The van der Waals surface area contributed by atoms with Crippen LogP contribution < -0.4 is 21.5 Å². The summed E-state index contributed by atoms with van der Waals surface area (Å²) in [6.07, 6.45) is 5.25. The molecule has 1 aromatic rings. The smallest absolute Gasteiger partial charge is 0.243 e. The lowest BCUT2D eigenvalue weighted by Gasteiger charge is -2.27. The van der Waals surface area contributed by atoms with Gasteiger partial charge in [0, 0.05) is 19.6 Å². The van der Waals surface area contributed by atoms with E-state index in [-0.39, 0.29) is 0 Å². The molecule has 0 spiro atoms. The summed E-state index contributed by atoms with van der Waals surface area (Å²) in [5.41, 5.74) is 2.51. The number of aromatic nitrogens is 3. The van der Waals surface area contributed by atoms with Gasteiger partial charge in [0.1, 0.15) is 0 Å². The van der Waals surface area contributed by atoms with Gasteiger partial charge in [-0.3, -0.25) is 5.43 Å². The van der Waals surface area contributed by atoms with Crippen LogP contribution in [0.5, 0.6) is 0 Å². The fraction of sp³-hybridized carbons (Fsp3) is 0.769. The first kappa shape index (κ1) is 14.3. The molecule has 21 heavy (non-hydrogen) atoms. The van der Waals surface area contributed by atoms with Gasteiger partial charge in [0.15, 0.2) is 0 Å². The molecule has 1 saturated heterocycles. The van der Waals surface area contributed by atoms with Crippen molar-refractivity contribution >= 4 is 17.8 Å². The van der Waals surface area contributed by atoms with E-state index in [0.29, 0.717) is 31.1 Å². The van der Waals surface area contributed by atoms with E-state index in [4.69, 9.17) is 10.6 Å². The molecule has 4 N–H and O–H groups in total. The van der Waals surface area contributed by atoms with E-state index in [1.165, 1.54) is 25.7 Å². The van der Waals surface area contributed by atoms with Crippen LogP contribution in [0.4, 0.5) is 17.8 Å². The predicted molar refractivity (Wildman–Crippen MR) is 81.1 cm³/mol. The molecule has 0 atom stereocenters. The first-order valence-corrected chi connectivity index (χ1v) is 7.64. The largest absolute Gasteiger partial charge is 0.378 e. The Hall–Kier alpha value is -1.67. The topological polar surface area (TPSA) is 101 Å². The molecule has 1 aliphatic heterocycles. The summed E-state index contributed by atoms with van der Waals surface area (Å²) in [6, 6.07) is 0. The van der Waals surface area contributed by atoms with Gasteiger partial charge in [-0.25, -0.2) is 5.84 Å². The van der Waals surface area contributed by atoms with Crippen molar-refractivity contribution in [3.8, 4) is 0 Å². The zero-order chi connectivity index (χ0) is 14.5. The fourth-order valence-electron chi connectivity index (χ4n) is 2.58. The second-order valence-corrected chi connectivity index (χ2v) is 5.54. The molecular weight excluding hydrogens is 270 g/mol. The summed E-state index contributed by atoms with van der Waals surface area (Å²) in [7, 11) is 0. The summed E-state index contributed by atoms with van der Waals surface area (Å²) < 4.78 is 5.35. The lowest BCUT2D eigenvalue weighted by molar-refractivity contribution is 0.122. The van der Waals surface area contributed by atoms with Crippen molar-refractivity contribution in [1.29, 1.82) is 0 Å². The first-order chi connectivity index (χ1) is 10.3. The number of nitrogen functional groups attached to an aromatic ring is 1. The van der Waals surface area contributed by atoms with Crippen LogP contribution in [0, 0.1) is 5.92 Å². The molecule has 1 aliphatic carbocycles. The number of ether oxygens (including phenoxy) is 1. The van der Waals surface area contributed by atoms with Crippen LogP contribution in [0.2, 0.25) is 0 Å². The molecule has 2 heterocycles. The van der Waals surface area contributed by atoms with Crippen molar-refractivity contribution in [1.82, 2.24) is 15.0 Å². The fourth-order valence-corrected chi connectivity index (χ4v) is 2.58. The standard InChI is InChI=1S/C13H23N7O/c14-19-12-16-11(15-5-4-10-2-1-3-10)17-13(18-12)20-6-8-21-9-7-20/h10H,1-9,14H2,(H2,15,16,17,18,19). The lowest BCUT2D eigenvalue weighted by Crippen LogP contribution is -2.37. The van der Waals surface area contributed by atoms with Crippen molar-refractivity contribution in [3.63, 3.8) is 0 Å². The Bertz CT molecular complexity index is 460. The van der Waals surface area contributed by atoms with Crippen molar-refractivity contribution < 1.29 is 4.74 Å². The molecule has 3 rings (SSSR count). The average Bonchev–Trinajstić information content (AvgIpc) is 2.50. The number of nitrogens with two attached hydrogens (primary N) is 1. The summed E-state index contributed by atoms with van der Waals surface area (Å²) in [5, 5.41) is 3.28. The van der Waals surface area contributed by atoms with E-state index in [0.717, 1.165) is 25.6 Å². The molecule has 0 amide bonds. The minimum absolute atomic E-state index is 0.387. The number of morpholine rings is 1. The number of hydrazine groups is 1. The maximum absolute atomic E-state index is 5.45. The number of nitrogens with one attached hydrogen (secondary N) is 2. The van der Waals surface area contributed by atoms with Crippen LogP contribution in [0.25, 0.3) is 0 Å². The average molecular weight is 293 g/mol. The zero-order valence-corrected chi connectivity index (χ0v) is 12.2. The molecule has 8 heteroatoms. The van der Waals surface area contributed by atoms with E-state index < -0.39 is 0 Å². The Morgan fingerprint density at radius 1 is 1.14 bits per heavy atom. The molecule has 8 nitrogen and oxygen atoms in total. The summed E-state index contributed by atoms with van der Waals surface area (Å²) in [6.45, 7) is 3.86. The molecule has 0 aromatic carbocycles. The van der Waals surface area contributed by atoms with E-state index in [9.17, 15) is 0 Å². The van der Waals surface area contributed by atoms with Gasteiger partial charge in [-0.15, -0.1) is 0 Å². The first-order valence-electron chi connectivity index (χ1n) is 7.64. The Kier molecular flexibility index (Phi) is 4.66. The summed E-state index contributed by atoms with van der Waals surface area (Å²) >= 11 is 0. The quantitative estimate of drug-likeness (QED) is 0.517. The molecule has 1 saturated carbocycles. The minimum atomic E-state index is 0.387.